The Labute approximate surface area is 529 Å². The maximum absolute atomic E-state index is 16.5. The van der Waals surface area contributed by atoms with Crippen LogP contribution in [0.1, 0.15) is 5.56 Å². The van der Waals surface area contributed by atoms with Crippen LogP contribution in [0.5, 0.6) is 0 Å². The smallest absolute Gasteiger partial charge is 0.200 e. The van der Waals surface area contributed by atoms with Gasteiger partial charge in [0.15, 0.2) is 23.3 Å². The van der Waals surface area contributed by atoms with Crippen LogP contribution in [-0.2, 0) is 0 Å². The van der Waals surface area contributed by atoms with Crippen LogP contribution < -0.4 is 0 Å². The van der Waals surface area contributed by atoms with E-state index in [4.69, 9.17) is 19.9 Å². The van der Waals surface area contributed by atoms with Crippen LogP contribution in [0, 0.1) is 40.4 Å². The van der Waals surface area contributed by atoms with Gasteiger partial charge in [0.05, 0.1) is 73.4 Å². The molecule has 12 heteroatoms. The summed E-state index contributed by atoms with van der Waals surface area (Å²) in [6.07, 6.45) is 7.34. The Kier molecular flexibility index (Phi) is 13.7. The number of nitriles is 1. The van der Waals surface area contributed by atoms with Gasteiger partial charge in [-0.3, -0.25) is 19.9 Å². The molecule has 0 atom stereocenters. The maximum atomic E-state index is 16.5. The molecular formula is C81H46F5N7. The molecule has 16 aromatic rings. The molecule has 0 spiro atoms. The lowest BCUT2D eigenvalue weighted by Gasteiger charge is -2.20. The summed E-state index contributed by atoms with van der Waals surface area (Å²) in [5.74, 6) is -10.8. The van der Waals surface area contributed by atoms with E-state index in [2.05, 4.69) is 30.3 Å². The predicted octanol–water partition coefficient (Wildman–Crippen LogP) is 21.0. The Morgan fingerprint density at radius 1 is 0.269 bits per heavy atom. The van der Waals surface area contributed by atoms with Crippen molar-refractivity contribution < 1.29 is 22.0 Å². The number of hydrogen-bond acceptors (Lipinski definition) is 5. The average molecular weight is 1210 g/mol. The molecule has 7 nitrogen and oxygen atoms in total. The average Bonchev–Trinajstić information content (AvgIpc) is 1.60. The van der Waals surface area contributed by atoms with E-state index in [0.717, 1.165) is 111 Å². The van der Waals surface area contributed by atoms with Crippen LogP contribution in [0.3, 0.4) is 0 Å². The van der Waals surface area contributed by atoms with Crippen molar-refractivity contribution in [1.82, 2.24) is 29.1 Å². The summed E-state index contributed by atoms with van der Waals surface area (Å²) in [5, 5.41) is 14.3. The van der Waals surface area contributed by atoms with Crippen molar-refractivity contribution in [3.63, 3.8) is 0 Å². The molecule has 0 fully saturated rings. The molecule has 0 amide bonds. The summed E-state index contributed by atoms with van der Waals surface area (Å²) in [6.45, 7) is 0. The third-order valence-corrected chi connectivity index (χ3v) is 17.4. The highest BCUT2D eigenvalue weighted by Gasteiger charge is 2.31. The van der Waals surface area contributed by atoms with Gasteiger partial charge in [-0.2, -0.15) is 5.26 Å². The van der Waals surface area contributed by atoms with Crippen molar-refractivity contribution in [2.45, 2.75) is 0 Å². The van der Waals surface area contributed by atoms with Gasteiger partial charge in [0.25, 0.3) is 0 Å². The molecule has 0 saturated carbocycles. The first-order valence-electron chi connectivity index (χ1n) is 30.0. The van der Waals surface area contributed by atoms with Crippen molar-refractivity contribution in [2.24, 2.45) is 0 Å². The van der Waals surface area contributed by atoms with Crippen LogP contribution in [0.25, 0.3) is 156 Å². The predicted molar refractivity (Wildman–Crippen MR) is 360 cm³/mol. The summed E-state index contributed by atoms with van der Waals surface area (Å²) in [7, 11) is 0. The highest BCUT2D eigenvalue weighted by Crippen LogP contribution is 2.46. The fourth-order valence-corrected chi connectivity index (χ4v) is 12.7. The second-order valence-corrected chi connectivity index (χ2v) is 22.7. The lowest BCUT2D eigenvalue weighted by Crippen LogP contribution is -2.08. The molecular weight excluding hydrogens is 1170 g/mol. The molecule has 10 aromatic carbocycles. The van der Waals surface area contributed by atoms with Crippen molar-refractivity contribution in [3.8, 4) is 118 Å². The minimum absolute atomic E-state index is 0.254. The van der Waals surface area contributed by atoms with E-state index in [0.29, 0.717) is 27.8 Å². The van der Waals surface area contributed by atoms with Gasteiger partial charge in [-0.1, -0.05) is 170 Å². The second-order valence-electron chi connectivity index (χ2n) is 22.7. The molecule has 6 heterocycles. The fourth-order valence-electron chi connectivity index (χ4n) is 12.7. The SMILES string of the molecule is N#Cc1cc(-n2c3ccc(-c4ccc(-c5ccccc5)nc4)cc3c3cc(-c4ccc(-c5ccccc5)nc4)ccc32)c(-n2c3ccc(-c4ccc(-c5ccccc5)nc4)cc3c3cc(-c4ccc(-c5ccccc5)nc4)ccc32)cc1-c1c(F)c(F)c(F)c(F)c1F. The van der Waals surface area contributed by atoms with Gasteiger partial charge in [0.1, 0.15) is 0 Å². The number of nitrogens with zero attached hydrogens (tertiary/aromatic N) is 7. The molecule has 16 rings (SSSR count). The topological polar surface area (TPSA) is 85.2 Å². The van der Waals surface area contributed by atoms with Crippen molar-refractivity contribution in [1.29, 1.82) is 5.26 Å². The van der Waals surface area contributed by atoms with E-state index in [9.17, 15) is 9.65 Å². The molecule has 440 valence electrons. The Bertz CT molecular complexity index is 5330. The largest absolute Gasteiger partial charge is 0.307 e. The van der Waals surface area contributed by atoms with E-state index >= 15 is 17.6 Å². The Hall–Kier alpha value is -12.5. The van der Waals surface area contributed by atoms with Gasteiger partial charge in [-0.25, -0.2) is 22.0 Å². The molecule has 0 N–H and O–H groups in total. The van der Waals surface area contributed by atoms with E-state index < -0.39 is 40.2 Å². The zero-order valence-electron chi connectivity index (χ0n) is 49.1. The Balaban J connectivity index is 0.958. The lowest BCUT2D eigenvalue weighted by atomic mass is 9.96. The quantitative estimate of drug-likeness (QED) is 0.0732. The number of benzene rings is 10. The van der Waals surface area contributed by atoms with Crippen LogP contribution in [-0.4, -0.2) is 29.1 Å². The third-order valence-electron chi connectivity index (χ3n) is 17.4. The highest BCUT2D eigenvalue weighted by atomic mass is 19.2. The summed E-state index contributed by atoms with van der Waals surface area (Å²) in [5.41, 5.74) is 14.9. The molecule has 93 heavy (non-hydrogen) atoms. The first kappa shape index (κ1) is 55.8. The molecule has 0 aliphatic rings. The minimum atomic E-state index is -2.32. The molecule has 0 saturated heterocycles. The number of halogens is 5. The molecule has 0 unspecified atom stereocenters. The van der Waals surface area contributed by atoms with Gasteiger partial charge in [0, 0.05) is 96.4 Å². The molecule has 6 aromatic heterocycles. The van der Waals surface area contributed by atoms with Crippen LogP contribution in [0.15, 0.2) is 280 Å². The monoisotopic (exact) mass is 1210 g/mol. The molecule has 0 aliphatic heterocycles. The van der Waals surface area contributed by atoms with Gasteiger partial charge >= 0.3 is 0 Å². The van der Waals surface area contributed by atoms with Gasteiger partial charge in [-0.15, -0.1) is 0 Å². The summed E-state index contributed by atoms with van der Waals surface area (Å²) >= 11 is 0. The first-order chi connectivity index (χ1) is 45.6. The third kappa shape index (κ3) is 9.74. The second kappa shape index (κ2) is 22.8. The summed E-state index contributed by atoms with van der Waals surface area (Å²) < 4.78 is 83.2. The van der Waals surface area contributed by atoms with Gasteiger partial charge in [-0.05, 0) is 107 Å². The lowest BCUT2D eigenvalue weighted by molar-refractivity contribution is 0.381. The zero-order chi connectivity index (χ0) is 62.8. The number of rotatable bonds is 11. The first-order valence-corrected chi connectivity index (χ1v) is 30.0. The Morgan fingerprint density at radius 2 is 0.538 bits per heavy atom. The molecule has 0 aliphatic carbocycles. The zero-order valence-corrected chi connectivity index (χ0v) is 49.1. The van der Waals surface area contributed by atoms with E-state index in [1.165, 1.54) is 12.1 Å². The van der Waals surface area contributed by atoms with Crippen molar-refractivity contribution >= 4 is 43.6 Å². The van der Waals surface area contributed by atoms with E-state index in [1.54, 1.807) is 0 Å². The number of pyridine rings is 4. The van der Waals surface area contributed by atoms with Gasteiger partial charge < -0.3 is 9.13 Å². The Morgan fingerprint density at radius 3 is 0.806 bits per heavy atom. The van der Waals surface area contributed by atoms with E-state index in [1.807, 2.05) is 252 Å². The number of fused-ring (bicyclic) bond motifs is 6. The summed E-state index contributed by atoms with van der Waals surface area (Å²) in [4.78, 5) is 19.5. The normalized spacial score (nSPS) is 11.5. The van der Waals surface area contributed by atoms with Crippen molar-refractivity contribution in [3.05, 3.63) is 314 Å². The van der Waals surface area contributed by atoms with Crippen molar-refractivity contribution in [2.75, 3.05) is 0 Å². The molecule has 0 radical (unpaired) electrons. The van der Waals surface area contributed by atoms with Crippen LogP contribution in [0.4, 0.5) is 22.0 Å². The van der Waals surface area contributed by atoms with E-state index in [-0.39, 0.29) is 11.3 Å². The molecule has 0 bridgehead atoms. The minimum Gasteiger partial charge on any atom is -0.307 e. The standard InChI is InChI=1S/C81H46F5N7/c82-77-76(78(83)80(85)81(86)79(77)84)61-42-75(93-72-35-27-54(58-23-31-68(90-46-58)50-17-9-3-10-18-50)39-64(72)65-40-55(28-36-73(65)93)59-24-32-69(91-47-59)51-19-11-4-12-20-51)74(41-60(61)43-87)92-70-33-25-52(56-21-29-66(88-44-56)48-13-5-1-6-14-48)37-62(70)63-38-53(26-34-71(63)92)57-22-30-67(89-45-57)49-15-7-2-8-16-49/h1-42,44-47H. The number of hydrogen-bond donors (Lipinski definition) is 0. The number of aromatic nitrogens is 6. The highest BCUT2D eigenvalue weighted by molar-refractivity contribution is 6.14. The van der Waals surface area contributed by atoms with Crippen LogP contribution in [0.2, 0.25) is 0 Å². The summed E-state index contributed by atoms with van der Waals surface area (Å²) in [6, 6.07) is 84.6. The van der Waals surface area contributed by atoms with Gasteiger partial charge in [0.2, 0.25) is 5.82 Å². The fraction of sp³-hybridized carbons (Fsp3) is 0. The van der Waals surface area contributed by atoms with Crippen LogP contribution >= 0.6 is 0 Å². The maximum Gasteiger partial charge on any atom is 0.200 e.